The molecule has 0 bridgehead atoms. The molecule has 0 saturated heterocycles. The largest absolute Gasteiger partial charge is 0.346 e. The molecule has 0 unspecified atom stereocenters. The first-order chi connectivity index (χ1) is 10.8. The molecule has 1 heterocycles. The first-order valence-corrected chi connectivity index (χ1v) is 7.80. The number of benzene rings is 2. The third-order valence-electron chi connectivity index (χ3n) is 3.14. The monoisotopic (exact) mass is 329 g/mol. The zero-order valence-corrected chi connectivity index (χ0v) is 13.1. The number of nitrogens with zero attached hydrogens (tertiary/aromatic N) is 2. The third-order valence-corrected chi connectivity index (χ3v) is 4.28. The maximum atomic E-state index is 12.3. The topological polar surface area (TPSA) is 54.9 Å². The summed E-state index contributed by atoms with van der Waals surface area (Å²) in [6, 6.07) is 17.0. The Bertz CT molecular complexity index is 789. The average Bonchev–Trinajstić information content (AvgIpc) is 3.04. The van der Waals surface area contributed by atoms with Gasteiger partial charge in [0.15, 0.2) is 5.69 Å². The van der Waals surface area contributed by atoms with Crippen LogP contribution < -0.4 is 5.32 Å². The van der Waals surface area contributed by atoms with Gasteiger partial charge < -0.3 is 5.32 Å². The van der Waals surface area contributed by atoms with Gasteiger partial charge in [-0.25, -0.2) is 0 Å². The fourth-order valence-electron chi connectivity index (χ4n) is 2.02. The Hall–Kier alpha value is -2.24. The molecule has 0 spiro atoms. The van der Waals surface area contributed by atoms with Crippen molar-refractivity contribution in [1.29, 1.82) is 0 Å². The van der Waals surface area contributed by atoms with E-state index in [0.29, 0.717) is 17.3 Å². The fraction of sp³-hybridized carbons (Fsp3) is 0.0625. The number of carbonyl (C=O) groups is 1. The molecule has 0 aliphatic rings. The lowest BCUT2D eigenvalue weighted by Gasteiger charge is -2.06. The Balaban J connectivity index is 1.77. The highest BCUT2D eigenvalue weighted by molar-refractivity contribution is 7.09. The molecule has 1 amide bonds. The summed E-state index contributed by atoms with van der Waals surface area (Å²) in [6.45, 7) is 0.351. The Kier molecular flexibility index (Phi) is 4.46. The zero-order chi connectivity index (χ0) is 15.4. The van der Waals surface area contributed by atoms with E-state index in [0.717, 1.165) is 16.0 Å². The van der Waals surface area contributed by atoms with Crippen LogP contribution in [0.25, 0.3) is 10.4 Å². The molecule has 0 fully saturated rings. The number of nitrogens with one attached hydrogen (secondary N) is 1. The molecule has 0 atom stereocenters. The summed E-state index contributed by atoms with van der Waals surface area (Å²) in [5.41, 5.74) is 2.13. The highest BCUT2D eigenvalue weighted by Crippen LogP contribution is 2.25. The van der Waals surface area contributed by atoms with Crippen molar-refractivity contribution < 1.29 is 4.79 Å². The third kappa shape index (κ3) is 3.16. The van der Waals surface area contributed by atoms with Crippen molar-refractivity contribution in [3.8, 4) is 10.4 Å². The zero-order valence-electron chi connectivity index (χ0n) is 11.5. The molecule has 0 radical (unpaired) electrons. The number of amides is 1. The standard InChI is InChI=1S/C16H12ClN3OS/c17-13-9-5-4-8-12(13)10-18-16(21)14-15(22-20-19-14)11-6-2-1-3-7-11/h1-9H,10H2,(H,18,21). The smallest absolute Gasteiger partial charge is 0.273 e. The van der Waals surface area contributed by atoms with Crippen molar-refractivity contribution in [3.63, 3.8) is 0 Å². The minimum atomic E-state index is -0.257. The van der Waals surface area contributed by atoms with Gasteiger partial charge in [-0.1, -0.05) is 64.6 Å². The van der Waals surface area contributed by atoms with Gasteiger partial charge in [-0.2, -0.15) is 0 Å². The predicted octanol–water partition coefficient (Wildman–Crippen LogP) is 3.79. The maximum absolute atomic E-state index is 12.3. The molecule has 0 aliphatic heterocycles. The van der Waals surface area contributed by atoms with E-state index >= 15 is 0 Å². The van der Waals surface area contributed by atoms with Crippen LogP contribution in [0.3, 0.4) is 0 Å². The van der Waals surface area contributed by atoms with E-state index in [1.54, 1.807) is 6.07 Å². The minimum absolute atomic E-state index is 0.257. The molecule has 1 aromatic heterocycles. The second-order valence-corrected chi connectivity index (χ2v) is 5.75. The van der Waals surface area contributed by atoms with Crippen LogP contribution in [-0.4, -0.2) is 15.5 Å². The first-order valence-electron chi connectivity index (χ1n) is 6.65. The predicted molar refractivity (Wildman–Crippen MR) is 88.0 cm³/mol. The second kappa shape index (κ2) is 6.68. The quantitative estimate of drug-likeness (QED) is 0.792. The highest BCUT2D eigenvalue weighted by atomic mass is 35.5. The Morgan fingerprint density at radius 2 is 1.82 bits per heavy atom. The van der Waals surface area contributed by atoms with Crippen LogP contribution >= 0.6 is 23.1 Å². The molecular weight excluding hydrogens is 318 g/mol. The van der Waals surface area contributed by atoms with E-state index in [9.17, 15) is 4.79 Å². The van der Waals surface area contributed by atoms with Crippen molar-refractivity contribution >= 4 is 29.0 Å². The summed E-state index contributed by atoms with van der Waals surface area (Å²) in [7, 11) is 0. The van der Waals surface area contributed by atoms with E-state index in [-0.39, 0.29) is 5.91 Å². The SMILES string of the molecule is O=C(NCc1ccccc1Cl)c1nnsc1-c1ccccc1. The molecule has 3 aromatic rings. The van der Waals surface area contributed by atoms with Crippen molar-refractivity contribution in [2.45, 2.75) is 6.54 Å². The molecule has 4 nitrogen and oxygen atoms in total. The summed E-state index contributed by atoms with van der Waals surface area (Å²) in [6.07, 6.45) is 0. The van der Waals surface area contributed by atoms with Crippen LogP contribution in [0.1, 0.15) is 16.1 Å². The van der Waals surface area contributed by atoms with E-state index in [1.165, 1.54) is 11.5 Å². The lowest BCUT2D eigenvalue weighted by molar-refractivity contribution is 0.0946. The van der Waals surface area contributed by atoms with Crippen molar-refractivity contribution in [1.82, 2.24) is 14.9 Å². The van der Waals surface area contributed by atoms with Crippen LogP contribution in [-0.2, 0) is 6.54 Å². The Labute approximate surface area is 136 Å². The van der Waals surface area contributed by atoms with Gasteiger partial charge in [-0.3, -0.25) is 4.79 Å². The van der Waals surface area contributed by atoms with Crippen LogP contribution in [0.5, 0.6) is 0 Å². The van der Waals surface area contributed by atoms with Gasteiger partial charge in [0.2, 0.25) is 0 Å². The van der Waals surface area contributed by atoms with Gasteiger partial charge in [0, 0.05) is 11.6 Å². The van der Waals surface area contributed by atoms with E-state index in [4.69, 9.17) is 11.6 Å². The summed E-state index contributed by atoms with van der Waals surface area (Å²) in [5.74, 6) is -0.257. The number of hydrogen-bond acceptors (Lipinski definition) is 4. The fourth-order valence-corrected chi connectivity index (χ4v) is 2.89. The van der Waals surface area contributed by atoms with Gasteiger partial charge in [-0.15, -0.1) is 5.10 Å². The van der Waals surface area contributed by atoms with Gasteiger partial charge in [0.05, 0.1) is 4.88 Å². The average molecular weight is 330 g/mol. The Morgan fingerprint density at radius 3 is 2.59 bits per heavy atom. The van der Waals surface area contributed by atoms with Crippen molar-refractivity contribution in [2.24, 2.45) is 0 Å². The lowest BCUT2D eigenvalue weighted by atomic mass is 10.1. The van der Waals surface area contributed by atoms with Gasteiger partial charge in [0.1, 0.15) is 0 Å². The number of halogens is 1. The molecule has 0 aliphatic carbocycles. The number of aromatic nitrogens is 2. The van der Waals surface area contributed by atoms with Gasteiger partial charge >= 0.3 is 0 Å². The molecule has 110 valence electrons. The normalized spacial score (nSPS) is 10.4. The molecule has 2 aromatic carbocycles. The van der Waals surface area contributed by atoms with E-state index < -0.39 is 0 Å². The van der Waals surface area contributed by atoms with Crippen LogP contribution in [0, 0.1) is 0 Å². The summed E-state index contributed by atoms with van der Waals surface area (Å²) < 4.78 is 3.90. The molecule has 6 heteroatoms. The molecular formula is C16H12ClN3OS. The molecule has 1 N–H and O–H groups in total. The van der Waals surface area contributed by atoms with Crippen LogP contribution in [0.4, 0.5) is 0 Å². The van der Waals surface area contributed by atoms with Gasteiger partial charge in [0.25, 0.3) is 5.91 Å². The van der Waals surface area contributed by atoms with Gasteiger partial charge in [-0.05, 0) is 28.7 Å². The first kappa shape index (κ1) is 14.7. The summed E-state index contributed by atoms with van der Waals surface area (Å²) in [5, 5.41) is 7.41. The number of rotatable bonds is 4. The maximum Gasteiger partial charge on any atom is 0.273 e. The van der Waals surface area contributed by atoms with Crippen LogP contribution in [0.15, 0.2) is 54.6 Å². The van der Waals surface area contributed by atoms with Crippen LogP contribution in [0.2, 0.25) is 5.02 Å². The second-order valence-electron chi connectivity index (χ2n) is 4.59. The highest BCUT2D eigenvalue weighted by Gasteiger charge is 2.17. The molecule has 3 rings (SSSR count). The number of hydrogen-bond donors (Lipinski definition) is 1. The summed E-state index contributed by atoms with van der Waals surface area (Å²) in [4.78, 5) is 13.1. The lowest BCUT2D eigenvalue weighted by Crippen LogP contribution is -2.23. The van der Waals surface area contributed by atoms with Crippen molar-refractivity contribution in [3.05, 3.63) is 70.9 Å². The molecule has 22 heavy (non-hydrogen) atoms. The number of carbonyl (C=O) groups excluding carboxylic acids is 1. The molecule has 0 saturated carbocycles. The Morgan fingerprint density at radius 1 is 1.09 bits per heavy atom. The van der Waals surface area contributed by atoms with E-state index in [1.807, 2.05) is 48.5 Å². The minimum Gasteiger partial charge on any atom is -0.346 e. The summed E-state index contributed by atoms with van der Waals surface area (Å²) >= 11 is 7.29. The van der Waals surface area contributed by atoms with E-state index in [2.05, 4.69) is 14.9 Å². The van der Waals surface area contributed by atoms with Crippen molar-refractivity contribution in [2.75, 3.05) is 0 Å².